The molecular formula is C21H28N4O2S. The van der Waals surface area contributed by atoms with Crippen LogP contribution in [0.1, 0.15) is 30.4 Å². The second-order valence-corrected chi connectivity index (χ2v) is 9.02. The summed E-state index contributed by atoms with van der Waals surface area (Å²) in [5.41, 5.74) is 2.55. The molecule has 0 saturated heterocycles. The van der Waals surface area contributed by atoms with Gasteiger partial charge in [-0.05, 0) is 43.1 Å². The fourth-order valence-electron chi connectivity index (χ4n) is 3.53. The van der Waals surface area contributed by atoms with Gasteiger partial charge in [-0.25, -0.2) is 13.1 Å². The Kier molecular flexibility index (Phi) is 6.36. The van der Waals surface area contributed by atoms with E-state index >= 15 is 0 Å². The van der Waals surface area contributed by atoms with Crippen molar-refractivity contribution in [2.24, 2.45) is 4.99 Å². The number of guanidine groups is 1. The molecule has 0 unspecified atom stereocenters. The van der Waals surface area contributed by atoms with Crippen LogP contribution in [0.4, 0.5) is 0 Å². The van der Waals surface area contributed by atoms with E-state index in [2.05, 4.69) is 50.7 Å². The Morgan fingerprint density at radius 3 is 2.25 bits per heavy atom. The molecule has 0 radical (unpaired) electrons. The first-order chi connectivity index (χ1) is 13.5. The van der Waals surface area contributed by atoms with E-state index in [1.54, 1.807) is 19.2 Å². The summed E-state index contributed by atoms with van der Waals surface area (Å²) >= 11 is 0. The highest BCUT2D eigenvalue weighted by Crippen LogP contribution is 2.43. The quantitative estimate of drug-likeness (QED) is 0.492. The van der Waals surface area contributed by atoms with Gasteiger partial charge in [0, 0.05) is 25.6 Å². The van der Waals surface area contributed by atoms with Crippen LogP contribution in [0.15, 0.2) is 64.5 Å². The van der Waals surface area contributed by atoms with Gasteiger partial charge in [-0.1, -0.05) is 48.9 Å². The number of benzene rings is 2. The minimum absolute atomic E-state index is 0.183. The number of nitrogens with one attached hydrogen (secondary N) is 3. The van der Waals surface area contributed by atoms with Gasteiger partial charge in [0.1, 0.15) is 0 Å². The minimum atomic E-state index is -3.41. The van der Waals surface area contributed by atoms with Gasteiger partial charge < -0.3 is 10.6 Å². The van der Waals surface area contributed by atoms with Gasteiger partial charge in [0.25, 0.3) is 0 Å². The van der Waals surface area contributed by atoms with E-state index in [0.717, 1.165) is 18.1 Å². The second-order valence-electron chi connectivity index (χ2n) is 7.13. The standard InChI is InChI=1S/C21H28N4O2S/c1-22-20(24-15-17-9-11-19(12-10-17)28(26,27)23-2)25-16-21(13-6-14-21)18-7-4-3-5-8-18/h3-5,7-12,23H,6,13-16H2,1-2H3,(H2,22,24,25). The maximum atomic E-state index is 11.8. The molecule has 0 aromatic heterocycles. The Bertz CT molecular complexity index is 905. The van der Waals surface area contributed by atoms with Crippen molar-refractivity contribution in [1.82, 2.24) is 15.4 Å². The zero-order valence-electron chi connectivity index (χ0n) is 16.4. The number of nitrogens with zero attached hydrogens (tertiary/aromatic N) is 1. The predicted molar refractivity (Wildman–Crippen MR) is 113 cm³/mol. The van der Waals surface area contributed by atoms with Crippen LogP contribution in [-0.2, 0) is 22.0 Å². The van der Waals surface area contributed by atoms with E-state index in [0.29, 0.717) is 6.54 Å². The number of rotatable bonds is 7. The molecule has 2 aromatic carbocycles. The number of aliphatic imine (C=N–C) groups is 1. The Balaban J connectivity index is 1.57. The molecule has 28 heavy (non-hydrogen) atoms. The lowest BCUT2D eigenvalue weighted by atomic mass is 9.64. The molecule has 0 spiro atoms. The largest absolute Gasteiger partial charge is 0.356 e. The first-order valence-corrected chi connectivity index (χ1v) is 11.0. The van der Waals surface area contributed by atoms with Gasteiger partial charge in [0.05, 0.1) is 4.90 Å². The molecule has 0 amide bonds. The minimum Gasteiger partial charge on any atom is -0.356 e. The third-order valence-electron chi connectivity index (χ3n) is 5.48. The molecule has 0 aliphatic heterocycles. The summed E-state index contributed by atoms with van der Waals surface area (Å²) in [7, 11) is -0.240. The van der Waals surface area contributed by atoms with Crippen molar-refractivity contribution in [3.8, 4) is 0 Å². The van der Waals surface area contributed by atoms with Gasteiger partial charge in [-0.15, -0.1) is 0 Å². The lowest BCUT2D eigenvalue weighted by molar-refractivity contribution is 0.244. The average molecular weight is 401 g/mol. The van der Waals surface area contributed by atoms with Crippen LogP contribution in [0.3, 0.4) is 0 Å². The zero-order chi connectivity index (χ0) is 20.0. The van der Waals surface area contributed by atoms with Crippen molar-refractivity contribution in [1.29, 1.82) is 0 Å². The molecular weight excluding hydrogens is 372 g/mol. The summed E-state index contributed by atoms with van der Waals surface area (Å²) in [6, 6.07) is 17.5. The van der Waals surface area contributed by atoms with Crippen molar-refractivity contribution >= 4 is 16.0 Å². The fourth-order valence-corrected chi connectivity index (χ4v) is 4.26. The lowest BCUT2D eigenvalue weighted by Gasteiger charge is -2.43. The summed E-state index contributed by atoms with van der Waals surface area (Å²) in [4.78, 5) is 4.58. The van der Waals surface area contributed by atoms with Crippen LogP contribution in [0.25, 0.3) is 0 Å². The number of hydrogen-bond acceptors (Lipinski definition) is 3. The van der Waals surface area contributed by atoms with Crippen molar-refractivity contribution in [3.63, 3.8) is 0 Å². The summed E-state index contributed by atoms with van der Waals surface area (Å²) in [6.07, 6.45) is 3.62. The maximum absolute atomic E-state index is 11.8. The summed E-state index contributed by atoms with van der Waals surface area (Å²) in [5, 5.41) is 6.76. The molecule has 1 aliphatic carbocycles. The highest BCUT2D eigenvalue weighted by Gasteiger charge is 2.38. The molecule has 3 N–H and O–H groups in total. The molecule has 0 bridgehead atoms. The van der Waals surface area contributed by atoms with E-state index in [-0.39, 0.29) is 10.3 Å². The molecule has 6 nitrogen and oxygen atoms in total. The average Bonchev–Trinajstić information content (AvgIpc) is 2.70. The highest BCUT2D eigenvalue weighted by molar-refractivity contribution is 7.89. The van der Waals surface area contributed by atoms with Crippen molar-refractivity contribution in [2.45, 2.75) is 36.1 Å². The van der Waals surface area contributed by atoms with E-state index < -0.39 is 10.0 Å². The molecule has 1 saturated carbocycles. The lowest BCUT2D eigenvalue weighted by Crippen LogP contribution is -2.48. The molecule has 0 heterocycles. The first kappa shape index (κ1) is 20.4. The van der Waals surface area contributed by atoms with Gasteiger partial charge in [-0.3, -0.25) is 4.99 Å². The molecule has 3 rings (SSSR count). The van der Waals surface area contributed by atoms with Crippen molar-refractivity contribution in [2.75, 3.05) is 20.6 Å². The third-order valence-corrected chi connectivity index (χ3v) is 6.91. The summed E-state index contributed by atoms with van der Waals surface area (Å²) in [6.45, 7) is 1.41. The fraction of sp³-hybridized carbons (Fsp3) is 0.381. The maximum Gasteiger partial charge on any atom is 0.240 e. The van der Waals surface area contributed by atoms with Crippen LogP contribution in [0.2, 0.25) is 0 Å². The molecule has 7 heteroatoms. The third kappa shape index (κ3) is 4.54. The Morgan fingerprint density at radius 2 is 1.71 bits per heavy atom. The van der Waals surface area contributed by atoms with Crippen LogP contribution in [0, 0.1) is 0 Å². The van der Waals surface area contributed by atoms with E-state index in [1.165, 1.54) is 31.9 Å². The molecule has 2 aromatic rings. The zero-order valence-corrected chi connectivity index (χ0v) is 17.2. The number of hydrogen-bond donors (Lipinski definition) is 3. The van der Waals surface area contributed by atoms with Crippen LogP contribution in [-0.4, -0.2) is 35.0 Å². The van der Waals surface area contributed by atoms with Gasteiger partial charge in [-0.2, -0.15) is 0 Å². The van der Waals surface area contributed by atoms with Crippen LogP contribution < -0.4 is 15.4 Å². The Hall–Kier alpha value is -2.38. The van der Waals surface area contributed by atoms with Crippen molar-refractivity contribution in [3.05, 3.63) is 65.7 Å². The summed E-state index contributed by atoms with van der Waals surface area (Å²) in [5.74, 6) is 0.745. The first-order valence-electron chi connectivity index (χ1n) is 9.52. The normalized spacial score (nSPS) is 16.3. The van der Waals surface area contributed by atoms with Gasteiger partial charge in [0.15, 0.2) is 5.96 Å². The second kappa shape index (κ2) is 8.75. The Labute approximate surface area is 167 Å². The van der Waals surface area contributed by atoms with E-state index in [1.807, 2.05) is 12.1 Å². The smallest absolute Gasteiger partial charge is 0.240 e. The van der Waals surface area contributed by atoms with Gasteiger partial charge in [0.2, 0.25) is 10.0 Å². The Morgan fingerprint density at radius 1 is 1.04 bits per heavy atom. The molecule has 150 valence electrons. The molecule has 1 aliphatic rings. The van der Waals surface area contributed by atoms with Crippen LogP contribution in [0.5, 0.6) is 0 Å². The van der Waals surface area contributed by atoms with Crippen LogP contribution >= 0.6 is 0 Å². The molecule has 0 atom stereocenters. The monoisotopic (exact) mass is 400 g/mol. The SMILES string of the molecule is CN=C(NCc1ccc(S(=O)(=O)NC)cc1)NCC1(c2ccccc2)CCC1. The van der Waals surface area contributed by atoms with Crippen molar-refractivity contribution < 1.29 is 8.42 Å². The van der Waals surface area contributed by atoms with Gasteiger partial charge >= 0.3 is 0 Å². The highest BCUT2D eigenvalue weighted by atomic mass is 32.2. The predicted octanol–water partition coefficient (Wildman–Crippen LogP) is 2.38. The van der Waals surface area contributed by atoms with E-state index in [4.69, 9.17) is 0 Å². The van der Waals surface area contributed by atoms with E-state index in [9.17, 15) is 8.42 Å². The molecule has 1 fully saturated rings. The summed E-state index contributed by atoms with van der Waals surface area (Å²) < 4.78 is 25.9. The number of sulfonamides is 1. The topological polar surface area (TPSA) is 82.6 Å².